The lowest BCUT2D eigenvalue weighted by molar-refractivity contribution is -0.385. The van der Waals surface area contributed by atoms with Crippen molar-refractivity contribution in [1.29, 1.82) is 0 Å². The number of nitro benzene ring substituents is 1. The lowest BCUT2D eigenvalue weighted by Gasteiger charge is -2.09. The van der Waals surface area contributed by atoms with E-state index in [0.29, 0.717) is 0 Å². The van der Waals surface area contributed by atoms with Crippen molar-refractivity contribution < 1.29 is 27.6 Å². The molecular formula is C20H19N3O7S2. The van der Waals surface area contributed by atoms with Crippen LogP contribution in [-0.2, 0) is 14.8 Å². The number of aryl methyl sites for hydroxylation is 1. The summed E-state index contributed by atoms with van der Waals surface area (Å²) >= 11 is 0.804. The maximum absolute atomic E-state index is 12.7. The molecule has 1 aliphatic rings. The molecule has 0 aliphatic carbocycles. The average molecular weight is 478 g/mol. The van der Waals surface area contributed by atoms with Crippen LogP contribution in [0.3, 0.4) is 0 Å². The molecule has 0 saturated carbocycles. The Morgan fingerprint density at radius 3 is 2.28 bits per heavy atom. The van der Waals surface area contributed by atoms with E-state index >= 15 is 0 Å². The first kappa shape index (κ1) is 23.3. The molecule has 1 amide bonds. The monoisotopic (exact) mass is 477 g/mol. The van der Waals surface area contributed by atoms with Crippen LogP contribution in [0.15, 0.2) is 50.6 Å². The van der Waals surface area contributed by atoms with Gasteiger partial charge < -0.3 is 9.47 Å². The predicted octanol–water partition coefficient (Wildman–Crippen LogP) is 3.21. The van der Waals surface area contributed by atoms with Crippen molar-refractivity contribution >= 4 is 44.6 Å². The molecule has 12 heteroatoms. The largest absolute Gasteiger partial charge is 0.493 e. The van der Waals surface area contributed by atoms with Crippen LogP contribution in [0.5, 0.6) is 11.5 Å². The first-order valence-corrected chi connectivity index (χ1v) is 11.3. The maximum atomic E-state index is 12.7. The standard InChI is InChI=1S/C20H19N3O7S2/c1-12-5-7-14(8-6-12)32(27,28)21-20-22(2)19(24)18(31-20)10-13-9-16(29-3)17(30-4)11-15(13)23(25)26/h5-11H,1-4H3/b18-10+,21-20?. The van der Waals surface area contributed by atoms with Crippen molar-refractivity contribution in [3.05, 3.63) is 62.5 Å². The van der Waals surface area contributed by atoms with Crippen LogP contribution in [0.25, 0.3) is 6.08 Å². The molecule has 0 spiro atoms. The minimum absolute atomic E-state index is 0.00925. The third-order valence-corrected chi connectivity index (χ3v) is 6.99. The second-order valence-corrected chi connectivity index (χ2v) is 9.27. The van der Waals surface area contributed by atoms with Gasteiger partial charge in [0.2, 0.25) is 0 Å². The van der Waals surface area contributed by atoms with Crippen LogP contribution in [0, 0.1) is 17.0 Å². The van der Waals surface area contributed by atoms with Crippen molar-refractivity contribution in [1.82, 2.24) is 4.90 Å². The summed E-state index contributed by atoms with van der Waals surface area (Å²) in [5.74, 6) is -0.142. The van der Waals surface area contributed by atoms with Gasteiger partial charge in [0.25, 0.3) is 21.6 Å². The molecule has 0 unspecified atom stereocenters. The van der Waals surface area contributed by atoms with Crippen molar-refractivity contribution in [2.75, 3.05) is 21.3 Å². The number of hydrogen-bond acceptors (Lipinski definition) is 8. The molecule has 1 fully saturated rings. The number of nitrogens with zero attached hydrogens (tertiary/aromatic N) is 3. The summed E-state index contributed by atoms with van der Waals surface area (Å²) in [5, 5.41) is 11.5. The van der Waals surface area contributed by atoms with E-state index in [1.165, 1.54) is 51.6 Å². The van der Waals surface area contributed by atoms with Crippen LogP contribution < -0.4 is 9.47 Å². The molecular weight excluding hydrogens is 458 g/mol. The molecule has 3 rings (SSSR count). The number of hydrogen-bond donors (Lipinski definition) is 0. The second kappa shape index (κ2) is 9.01. The highest BCUT2D eigenvalue weighted by molar-refractivity contribution is 8.19. The number of methoxy groups -OCH3 is 2. The minimum Gasteiger partial charge on any atom is -0.493 e. The molecule has 2 aromatic rings. The van der Waals surface area contributed by atoms with E-state index in [2.05, 4.69) is 4.40 Å². The summed E-state index contributed by atoms with van der Waals surface area (Å²) in [5.41, 5.74) is 0.685. The number of ether oxygens (including phenoxy) is 2. The Labute approximate surface area is 188 Å². The highest BCUT2D eigenvalue weighted by Crippen LogP contribution is 2.38. The summed E-state index contributed by atoms with van der Waals surface area (Å²) in [6.07, 6.45) is 1.30. The number of amides is 1. The number of carbonyl (C=O) groups is 1. The van der Waals surface area contributed by atoms with Gasteiger partial charge >= 0.3 is 0 Å². The van der Waals surface area contributed by atoms with Gasteiger partial charge in [-0.3, -0.25) is 19.8 Å². The topological polar surface area (TPSA) is 128 Å². The molecule has 2 aromatic carbocycles. The lowest BCUT2D eigenvalue weighted by Crippen LogP contribution is -2.24. The summed E-state index contributed by atoms with van der Waals surface area (Å²) in [7, 11) is 0.0535. The van der Waals surface area contributed by atoms with Crippen LogP contribution in [0.2, 0.25) is 0 Å². The minimum atomic E-state index is -4.05. The number of rotatable bonds is 6. The second-order valence-electron chi connectivity index (χ2n) is 6.66. The normalized spacial score (nSPS) is 16.6. The predicted molar refractivity (Wildman–Crippen MR) is 120 cm³/mol. The Morgan fingerprint density at radius 1 is 1.12 bits per heavy atom. The molecule has 0 N–H and O–H groups in total. The lowest BCUT2D eigenvalue weighted by atomic mass is 10.1. The van der Waals surface area contributed by atoms with E-state index in [0.717, 1.165) is 22.2 Å². The Bertz CT molecular complexity index is 1250. The fourth-order valence-electron chi connectivity index (χ4n) is 2.80. The molecule has 168 valence electrons. The molecule has 1 heterocycles. The Balaban J connectivity index is 2.03. The fourth-order valence-corrected chi connectivity index (χ4v) is 4.98. The maximum Gasteiger partial charge on any atom is 0.284 e. The van der Waals surface area contributed by atoms with E-state index in [1.54, 1.807) is 12.1 Å². The summed E-state index contributed by atoms with van der Waals surface area (Å²) in [4.78, 5) is 24.7. The first-order chi connectivity index (χ1) is 15.1. The van der Waals surface area contributed by atoms with E-state index in [-0.39, 0.29) is 37.7 Å². The van der Waals surface area contributed by atoms with Gasteiger partial charge in [0.1, 0.15) is 0 Å². The van der Waals surface area contributed by atoms with Crippen LogP contribution in [0.1, 0.15) is 11.1 Å². The number of amidine groups is 1. The Kier molecular flexibility index (Phi) is 6.55. The number of benzene rings is 2. The molecule has 10 nitrogen and oxygen atoms in total. The van der Waals surface area contributed by atoms with Crippen LogP contribution in [0.4, 0.5) is 5.69 Å². The third kappa shape index (κ3) is 4.60. The molecule has 32 heavy (non-hydrogen) atoms. The quantitative estimate of drug-likeness (QED) is 0.352. The highest BCUT2D eigenvalue weighted by atomic mass is 32.2. The number of thioether (sulfide) groups is 1. The van der Waals surface area contributed by atoms with Gasteiger partial charge in [-0.15, -0.1) is 4.40 Å². The van der Waals surface area contributed by atoms with Gasteiger partial charge in [-0.2, -0.15) is 8.42 Å². The number of likely N-dealkylation sites (N-methyl/N-ethyl adjacent to an activating group) is 1. The van der Waals surface area contributed by atoms with E-state index < -0.39 is 20.9 Å². The summed E-state index contributed by atoms with van der Waals surface area (Å²) < 4.78 is 39.3. The van der Waals surface area contributed by atoms with Gasteiger partial charge in [-0.05, 0) is 43.0 Å². The average Bonchev–Trinajstić information content (AvgIpc) is 3.00. The Hall–Kier alpha value is -3.38. The van der Waals surface area contributed by atoms with Crippen LogP contribution in [-0.4, -0.2) is 50.6 Å². The van der Waals surface area contributed by atoms with Gasteiger partial charge in [-0.25, -0.2) is 0 Å². The van der Waals surface area contributed by atoms with Gasteiger partial charge in [-0.1, -0.05) is 17.7 Å². The van der Waals surface area contributed by atoms with Crippen LogP contribution >= 0.6 is 11.8 Å². The van der Waals surface area contributed by atoms with E-state index in [1.807, 2.05) is 6.92 Å². The smallest absolute Gasteiger partial charge is 0.284 e. The van der Waals surface area contributed by atoms with Crippen molar-refractivity contribution in [3.8, 4) is 11.5 Å². The molecule has 0 atom stereocenters. The zero-order valence-corrected chi connectivity index (χ0v) is 19.2. The molecule has 0 radical (unpaired) electrons. The van der Waals surface area contributed by atoms with E-state index in [9.17, 15) is 23.3 Å². The number of nitro groups is 1. The third-order valence-electron chi connectivity index (χ3n) is 4.54. The fraction of sp³-hybridized carbons (Fsp3) is 0.200. The Morgan fingerprint density at radius 2 is 1.72 bits per heavy atom. The molecule has 1 saturated heterocycles. The van der Waals surface area contributed by atoms with Gasteiger partial charge in [0, 0.05) is 7.05 Å². The first-order valence-electron chi connectivity index (χ1n) is 9.07. The summed E-state index contributed by atoms with van der Waals surface area (Å²) in [6.45, 7) is 1.83. The molecule has 1 aliphatic heterocycles. The van der Waals surface area contributed by atoms with Gasteiger partial charge in [0.15, 0.2) is 16.7 Å². The van der Waals surface area contributed by atoms with Crippen molar-refractivity contribution in [2.45, 2.75) is 11.8 Å². The number of sulfonamides is 1. The zero-order chi connectivity index (χ0) is 23.6. The number of carbonyl (C=O) groups excluding carboxylic acids is 1. The van der Waals surface area contributed by atoms with E-state index in [4.69, 9.17) is 9.47 Å². The van der Waals surface area contributed by atoms with Crippen molar-refractivity contribution in [3.63, 3.8) is 0 Å². The van der Waals surface area contributed by atoms with Crippen molar-refractivity contribution in [2.24, 2.45) is 4.40 Å². The SMILES string of the molecule is COc1cc(/C=C2/SC(=NS(=O)(=O)c3ccc(C)cc3)N(C)C2=O)c([N+](=O)[O-])cc1OC. The molecule has 0 bridgehead atoms. The highest BCUT2D eigenvalue weighted by Gasteiger charge is 2.33. The summed E-state index contributed by atoms with van der Waals surface area (Å²) in [6, 6.07) is 8.71. The zero-order valence-electron chi connectivity index (χ0n) is 17.6. The van der Waals surface area contributed by atoms with Gasteiger partial charge in [0.05, 0.1) is 40.6 Å². The molecule has 0 aromatic heterocycles.